The Morgan fingerprint density at radius 1 is 0.273 bits per heavy atom. The molecule has 444 valence electrons. The lowest BCUT2D eigenvalue weighted by molar-refractivity contribution is -0.167. The fourth-order valence-corrected chi connectivity index (χ4v) is 9.44. The van der Waals surface area contributed by atoms with Gasteiger partial charge in [0.1, 0.15) is 13.2 Å². The zero-order valence-corrected chi connectivity index (χ0v) is 51.0. The molecule has 0 N–H and O–H groups in total. The monoisotopic (exact) mass is 1070 g/mol. The largest absolute Gasteiger partial charge is 0.462 e. The van der Waals surface area contributed by atoms with Crippen LogP contribution in [0.3, 0.4) is 0 Å². The van der Waals surface area contributed by atoms with Crippen molar-refractivity contribution in [3.05, 3.63) is 85.1 Å². The minimum atomic E-state index is -0.771. The Morgan fingerprint density at radius 3 is 0.805 bits per heavy atom. The molecule has 0 spiro atoms. The lowest BCUT2D eigenvalue weighted by atomic mass is 10.0. The van der Waals surface area contributed by atoms with Crippen LogP contribution in [0.5, 0.6) is 0 Å². The van der Waals surface area contributed by atoms with E-state index in [9.17, 15) is 14.4 Å². The van der Waals surface area contributed by atoms with E-state index < -0.39 is 6.10 Å². The first-order valence-electron chi connectivity index (χ1n) is 33.1. The van der Waals surface area contributed by atoms with Crippen molar-refractivity contribution in [1.82, 2.24) is 0 Å². The second kappa shape index (κ2) is 65.1. The van der Waals surface area contributed by atoms with Crippen molar-refractivity contribution in [2.24, 2.45) is 0 Å². The summed E-state index contributed by atoms with van der Waals surface area (Å²) in [5, 5.41) is 0. The van der Waals surface area contributed by atoms with E-state index in [4.69, 9.17) is 14.2 Å². The summed E-state index contributed by atoms with van der Waals surface area (Å²) < 4.78 is 16.8. The molecule has 0 saturated carbocycles. The molecular formula is C71H124O6. The van der Waals surface area contributed by atoms with Gasteiger partial charge in [-0.25, -0.2) is 0 Å². The smallest absolute Gasteiger partial charge is 0.306 e. The lowest BCUT2D eigenvalue weighted by Gasteiger charge is -2.18. The second-order valence-corrected chi connectivity index (χ2v) is 22.0. The van der Waals surface area contributed by atoms with Gasteiger partial charge in [0.05, 0.1) is 0 Å². The Morgan fingerprint density at radius 2 is 0.506 bits per heavy atom. The highest BCUT2D eigenvalue weighted by Gasteiger charge is 2.19. The molecule has 6 heteroatoms. The van der Waals surface area contributed by atoms with Crippen molar-refractivity contribution in [2.45, 2.75) is 335 Å². The summed E-state index contributed by atoms with van der Waals surface area (Å²) in [4.78, 5) is 37.9. The van der Waals surface area contributed by atoms with E-state index in [1.54, 1.807) is 0 Å². The van der Waals surface area contributed by atoms with E-state index in [0.717, 1.165) is 103 Å². The predicted molar refractivity (Wildman–Crippen MR) is 334 cm³/mol. The molecule has 77 heavy (non-hydrogen) atoms. The third-order valence-corrected chi connectivity index (χ3v) is 14.4. The average molecular weight is 1070 g/mol. The van der Waals surface area contributed by atoms with Crippen LogP contribution in [0.4, 0.5) is 0 Å². The van der Waals surface area contributed by atoms with Crippen LogP contribution in [0, 0.1) is 0 Å². The van der Waals surface area contributed by atoms with Gasteiger partial charge < -0.3 is 14.2 Å². The average Bonchev–Trinajstić information content (AvgIpc) is 3.43. The number of unbranched alkanes of at least 4 members (excludes halogenated alkanes) is 35. The Bertz CT molecular complexity index is 1470. The van der Waals surface area contributed by atoms with Crippen LogP contribution >= 0.6 is 0 Å². The van der Waals surface area contributed by atoms with Crippen LogP contribution in [0.15, 0.2) is 85.1 Å². The number of hydrogen-bond donors (Lipinski definition) is 0. The lowest BCUT2D eigenvalue weighted by Crippen LogP contribution is -2.30. The zero-order chi connectivity index (χ0) is 55.7. The van der Waals surface area contributed by atoms with E-state index in [1.807, 2.05) is 0 Å². The molecule has 0 aromatic carbocycles. The van der Waals surface area contributed by atoms with Crippen molar-refractivity contribution in [1.29, 1.82) is 0 Å². The number of allylic oxidation sites excluding steroid dienone is 14. The first-order chi connectivity index (χ1) is 38.0. The quantitative estimate of drug-likeness (QED) is 0.0261. The van der Waals surface area contributed by atoms with E-state index in [-0.39, 0.29) is 31.1 Å². The van der Waals surface area contributed by atoms with E-state index in [1.165, 1.54) is 186 Å². The third kappa shape index (κ3) is 63.3. The van der Waals surface area contributed by atoms with Gasteiger partial charge in [-0.1, -0.05) is 298 Å². The highest BCUT2D eigenvalue weighted by atomic mass is 16.6. The van der Waals surface area contributed by atoms with Crippen molar-refractivity contribution in [3.63, 3.8) is 0 Å². The number of hydrogen-bond acceptors (Lipinski definition) is 6. The predicted octanol–water partition coefficient (Wildman–Crippen LogP) is 22.7. The highest BCUT2D eigenvalue weighted by Crippen LogP contribution is 2.17. The number of carbonyl (C=O) groups excluding carboxylic acids is 3. The van der Waals surface area contributed by atoms with Crippen LogP contribution in [0.1, 0.15) is 329 Å². The number of ether oxygens (including phenoxy) is 3. The molecule has 0 aromatic rings. The third-order valence-electron chi connectivity index (χ3n) is 14.4. The molecule has 0 heterocycles. The molecule has 0 radical (unpaired) electrons. The van der Waals surface area contributed by atoms with Gasteiger partial charge in [-0.15, -0.1) is 0 Å². The van der Waals surface area contributed by atoms with Gasteiger partial charge in [-0.05, 0) is 96.3 Å². The normalized spacial score (nSPS) is 12.6. The summed E-state index contributed by atoms with van der Waals surface area (Å²) in [7, 11) is 0. The van der Waals surface area contributed by atoms with E-state index in [0.29, 0.717) is 19.3 Å². The minimum Gasteiger partial charge on any atom is -0.462 e. The topological polar surface area (TPSA) is 78.9 Å². The molecule has 0 aliphatic carbocycles. The molecule has 0 aromatic heterocycles. The zero-order valence-electron chi connectivity index (χ0n) is 51.0. The Balaban J connectivity index is 3.95. The fourth-order valence-electron chi connectivity index (χ4n) is 9.44. The molecule has 1 atom stereocenters. The molecule has 6 nitrogen and oxygen atoms in total. The van der Waals surface area contributed by atoms with E-state index in [2.05, 4.69) is 106 Å². The molecule has 0 aliphatic heterocycles. The summed E-state index contributed by atoms with van der Waals surface area (Å²) in [5.74, 6) is -0.876. The van der Waals surface area contributed by atoms with E-state index >= 15 is 0 Å². The van der Waals surface area contributed by atoms with Crippen molar-refractivity contribution in [3.8, 4) is 0 Å². The molecule has 0 rings (SSSR count). The van der Waals surface area contributed by atoms with Crippen molar-refractivity contribution < 1.29 is 28.6 Å². The summed E-state index contributed by atoms with van der Waals surface area (Å²) in [6, 6.07) is 0. The van der Waals surface area contributed by atoms with Crippen LogP contribution in [0.25, 0.3) is 0 Å². The van der Waals surface area contributed by atoms with Crippen LogP contribution in [-0.2, 0) is 28.6 Å². The van der Waals surface area contributed by atoms with Crippen LogP contribution < -0.4 is 0 Å². The maximum absolute atomic E-state index is 12.8. The van der Waals surface area contributed by atoms with Crippen molar-refractivity contribution in [2.75, 3.05) is 13.2 Å². The van der Waals surface area contributed by atoms with Crippen LogP contribution in [-0.4, -0.2) is 37.2 Å². The van der Waals surface area contributed by atoms with Gasteiger partial charge in [0.25, 0.3) is 0 Å². The Labute approximate surface area is 477 Å². The second-order valence-electron chi connectivity index (χ2n) is 22.0. The van der Waals surface area contributed by atoms with Gasteiger partial charge >= 0.3 is 17.9 Å². The molecule has 0 saturated heterocycles. The van der Waals surface area contributed by atoms with Gasteiger partial charge in [-0.3, -0.25) is 14.4 Å². The van der Waals surface area contributed by atoms with Crippen LogP contribution in [0.2, 0.25) is 0 Å². The van der Waals surface area contributed by atoms with Gasteiger partial charge in [0, 0.05) is 19.3 Å². The number of rotatable bonds is 60. The fraction of sp³-hybridized carbons (Fsp3) is 0.761. The first-order valence-corrected chi connectivity index (χ1v) is 33.1. The first kappa shape index (κ1) is 73.6. The highest BCUT2D eigenvalue weighted by molar-refractivity contribution is 5.71. The molecule has 0 bridgehead atoms. The maximum atomic E-state index is 12.8. The Kier molecular flexibility index (Phi) is 62.2. The Hall–Kier alpha value is -3.41. The van der Waals surface area contributed by atoms with Crippen molar-refractivity contribution >= 4 is 17.9 Å². The molecule has 0 amide bonds. The minimum absolute atomic E-state index is 0.0733. The SMILES string of the molecule is CC/C=C\C/C=C\C/C=C\C/C=C\C/C=C\C/C=C\CCCCCCCCCCCCCCCCCCC(=O)OCC(COC(=O)CCCCCCC)OC(=O)CCCCCCCCCCC/C=C\CCCCCCCC. The standard InChI is InChI=1S/C71H124O6/c1-4-7-10-13-15-17-19-21-23-25-27-28-29-30-31-32-33-34-35-36-37-38-39-40-41-42-44-45-47-49-51-53-55-58-61-64-70(73)76-67-68(66-75-69(72)63-60-57-12-9-6-3)77-71(74)65-62-59-56-54-52-50-48-46-43-26-24-22-20-18-16-14-11-8-5-2/h7,10,15,17,21-24,27-28,30-31,33-34,68H,4-6,8-9,11-14,16,18-20,25-26,29,32,35-67H2,1-3H3/b10-7-,17-15-,23-21-,24-22-,28-27-,31-30-,34-33-. The molecule has 0 aliphatic rings. The molecule has 1 unspecified atom stereocenters. The van der Waals surface area contributed by atoms with Gasteiger partial charge in [-0.2, -0.15) is 0 Å². The summed E-state index contributed by atoms with van der Waals surface area (Å²) >= 11 is 0. The number of carbonyl (C=O) groups is 3. The van der Waals surface area contributed by atoms with Gasteiger partial charge in [0.15, 0.2) is 6.10 Å². The number of esters is 3. The van der Waals surface area contributed by atoms with Gasteiger partial charge in [0.2, 0.25) is 0 Å². The summed E-state index contributed by atoms with van der Waals surface area (Å²) in [5.41, 5.74) is 0. The molecular weight excluding hydrogens is 949 g/mol. The summed E-state index contributed by atoms with van der Waals surface area (Å²) in [6.07, 6.45) is 86.5. The molecule has 0 fully saturated rings. The summed E-state index contributed by atoms with van der Waals surface area (Å²) in [6.45, 7) is 6.47. The maximum Gasteiger partial charge on any atom is 0.306 e.